The molecule has 0 aromatic heterocycles. The molecule has 2 heteroatoms. The van der Waals surface area contributed by atoms with Crippen LogP contribution in [0.25, 0.3) is 0 Å². The Morgan fingerprint density at radius 3 is 2.33 bits per heavy atom. The predicted molar refractivity (Wildman–Crippen MR) is 67.1 cm³/mol. The summed E-state index contributed by atoms with van der Waals surface area (Å²) >= 11 is 1.69. The maximum atomic E-state index is 11.6. The van der Waals surface area contributed by atoms with Gasteiger partial charge in [-0.25, -0.2) is 0 Å². The Bertz CT molecular complexity index is 311. The number of carbonyl (C=O) groups excluding carboxylic acids is 1. The van der Waals surface area contributed by atoms with E-state index in [-0.39, 0.29) is 5.41 Å². The molecular weight excluding hydrogens is 204 g/mol. The monoisotopic (exact) mass is 222 g/mol. The second kappa shape index (κ2) is 5.36. The number of ketones is 1. The van der Waals surface area contributed by atoms with Crippen molar-refractivity contribution in [2.75, 3.05) is 5.75 Å². The molecule has 0 bridgehead atoms. The smallest absolute Gasteiger partial charge is 0.148 e. The molecule has 0 aliphatic rings. The molecule has 82 valence electrons. The van der Waals surface area contributed by atoms with E-state index >= 15 is 0 Å². The summed E-state index contributed by atoms with van der Waals surface area (Å²) in [4.78, 5) is 11.6. The molecule has 1 nitrogen and oxygen atoms in total. The largest absolute Gasteiger partial charge is 0.298 e. The second-order valence-corrected chi connectivity index (χ2v) is 5.64. The normalized spacial score (nSPS) is 11.4. The Labute approximate surface area is 96.3 Å². The first kappa shape index (κ1) is 12.3. The third-order valence-corrected chi connectivity index (χ3v) is 3.18. The van der Waals surface area contributed by atoms with E-state index in [1.54, 1.807) is 11.8 Å². The van der Waals surface area contributed by atoms with Gasteiger partial charge in [-0.2, -0.15) is 0 Å². The molecule has 0 amide bonds. The van der Waals surface area contributed by atoms with Crippen molar-refractivity contribution in [1.29, 1.82) is 0 Å². The van der Waals surface area contributed by atoms with Gasteiger partial charge in [0.2, 0.25) is 0 Å². The van der Waals surface area contributed by atoms with Crippen molar-refractivity contribution in [3.63, 3.8) is 0 Å². The van der Waals surface area contributed by atoms with Crippen molar-refractivity contribution in [1.82, 2.24) is 0 Å². The summed E-state index contributed by atoms with van der Waals surface area (Å²) in [6.07, 6.45) is 0. The molecular formula is C13H18OS. The third kappa shape index (κ3) is 4.52. The molecule has 0 saturated heterocycles. The van der Waals surface area contributed by atoms with E-state index < -0.39 is 0 Å². The maximum absolute atomic E-state index is 11.6. The molecule has 0 saturated carbocycles. The van der Waals surface area contributed by atoms with Gasteiger partial charge in [-0.05, 0) is 5.56 Å². The topological polar surface area (TPSA) is 17.1 Å². The number of Topliss-reactive ketones (excluding diaryl/α,β-unsaturated/α-hetero) is 1. The second-order valence-electron chi connectivity index (χ2n) is 4.65. The van der Waals surface area contributed by atoms with Crippen molar-refractivity contribution in [3.05, 3.63) is 35.9 Å². The minimum Gasteiger partial charge on any atom is -0.298 e. The summed E-state index contributed by atoms with van der Waals surface area (Å²) in [6.45, 7) is 5.91. The van der Waals surface area contributed by atoms with Crippen molar-refractivity contribution >= 4 is 17.5 Å². The number of rotatable bonds is 4. The van der Waals surface area contributed by atoms with Crippen molar-refractivity contribution in [2.45, 2.75) is 26.5 Å². The number of carbonyl (C=O) groups is 1. The summed E-state index contributed by atoms with van der Waals surface area (Å²) in [7, 11) is 0. The van der Waals surface area contributed by atoms with Crippen LogP contribution in [0.4, 0.5) is 0 Å². The van der Waals surface area contributed by atoms with Gasteiger partial charge in [0.15, 0.2) is 0 Å². The van der Waals surface area contributed by atoms with Crippen molar-refractivity contribution in [3.8, 4) is 0 Å². The third-order valence-electron chi connectivity index (χ3n) is 2.18. The highest BCUT2D eigenvalue weighted by molar-refractivity contribution is 7.99. The van der Waals surface area contributed by atoms with Crippen LogP contribution in [0.1, 0.15) is 26.3 Å². The van der Waals surface area contributed by atoms with Crippen LogP contribution < -0.4 is 0 Å². The van der Waals surface area contributed by atoms with Crippen molar-refractivity contribution < 1.29 is 4.79 Å². The standard InChI is InChI=1S/C13H18OS/c1-13(2,3)12(14)10-15-9-11-7-5-4-6-8-11/h4-8H,9-10H2,1-3H3. The van der Waals surface area contributed by atoms with Gasteiger partial charge < -0.3 is 0 Å². The SMILES string of the molecule is CC(C)(C)C(=O)CSCc1ccccc1. The van der Waals surface area contributed by atoms with Crippen molar-refractivity contribution in [2.24, 2.45) is 5.41 Å². The van der Waals surface area contributed by atoms with Gasteiger partial charge in [0, 0.05) is 11.2 Å². The van der Waals surface area contributed by atoms with Gasteiger partial charge in [0.05, 0.1) is 5.75 Å². The van der Waals surface area contributed by atoms with Crippen LogP contribution in [0.5, 0.6) is 0 Å². The van der Waals surface area contributed by atoms with E-state index in [4.69, 9.17) is 0 Å². The minimum absolute atomic E-state index is 0.205. The summed E-state index contributed by atoms with van der Waals surface area (Å²) < 4.78 is 0. The zero-order chi connectivity index (χ0) is 11.3. The molecule has 0 heterocycles. The molecule has 1 rings (SSSR count). The fourth-order valence-electron chi connectivity index (χ4n) is 1.05. The molecule has 0 aliphatic carbocycles. The first-order valence-electron chi connectivity index (χ1n) is 5.15. The number of benzene rings is 1. The molecule has 0 unspecified atom stereocenters. The maximum Gasteiger partial charge on any atom is 0.148 e. The van der Waals surface area contributed by atoms with E-state index in [0.717, 1.165) is 5.75 Å². The summed E-state index contributed by atoms with van der Waals surface area (Å²) in [6, 6.07) is 10.3. The van der Waals surface area contributed by atoms with E-state index in [0.29, 0.717) is 11.5 Å². The van der Waals surface area contributed by atoms with E-state index in [1.807, 2.05) is 39.0 Å². The number of thioether (sulfide) groups is 1. The highest BCUT2D eigenvalue weighted by Crippen LogP contribution is 2.19. The molecule has 0 fully saturated rings. The Balaban J connectivity index is 2.32. The van der Waals surface area contributed by atoms with Gasteiger partial charge in [-0.1, -0.05) is 51.1 Å². The fraction of sp³-hybridized carbons (Fsp3) is 0.462. The lowest BCUT2D eigenvalue weighted by Crippen LogP contribution is -2.22. The molecule has 1 aromatic rings. The van der Waals surface area contributed by atoms with Gasteiger partial charge in [0.25, 0.3) is 0 Å². The Hall–Kier alpha value is -0.760. The highest BCUT2D eigenvalue weighted by atomic mass is 32.2. The summed E-state index contributed by atoms with van der Waals surface area (Å²) in [5, 5.41) is 0. The quantitative estimate of drug-likeness (QED) is 0.775. The number of hydrogen-bond acceptors (Lipinski definition) is 2. The molecule has 1 aromatic carbocycles. The first-order valence-corrected chi connectivity index (χ1v) is 6.30. The predicted octanol–water partition coefficient (Wildman–Crippen LogP) is 3.54. The van der Waals surface area contributed by atoms with Crippen LogP contribution in [-0.4, -0.2) is 11.5 Å². The summed E-state index contributed by atoms with van der Waals surface area (Å²) in [5.41, 5.74) is 1.08. The van der Waals surface area contributed by atoms with Gasteiger partial charge >= 0.3 is 0 Å². The highest BCUT2D eigenvalue weighted by Gasteiger charge is 2.20. The minimum atomic E-state index is -0.205. The van der Waals surface area contributed by atoms with Crippen LogP contribution in [0.2, 0.25) is 0 Å². The molecule has 0 aliphatic heterocycles. The van der Waals surface area contributed by atoms with Crippen LogP contribution in [0.3, 0.4) is 0 Å². The zero-order valence-electron chi connectivity index (χ0n) is 9.62. The fourth-order valence-corrected chi connectivity index (χ4v) is 2.20. The average Bonchev–Trinajstić information content (AvgIpc) is 2.18. The molecule has 15 heavy (non-hydrogen) atoms. The molecule has 0 radical (unpaired) electrons. The van der Waals surface area contributed by atoms with Crippen LogP contribution in [0.15, 0.2) is 30.3 Å². The van der Waals surface area contributed by atoms with E-state index in [1.165, 1.54) is 5.56 Å². The molecule has 0 N–H and O–H groups in total. The number of hydrogen-bond donors (Lipinski definition) is 0. The first-order chi connectivity index (χ1) is 7.00. The zero-order valence-corrected chi connectivity index (χ0v) is 10.4. The molecule has 0 atom stereocenters. The van der Waals surface area contributed by atoms with Crippen LogP contribution in [-0.2, 0) is 10.5 Å². The van der Waals surface area contributed by atoms with Crippen LogP contribution >= 0.6 is 11.8 Å². The lowest BCUT2D eigenvalue weighted by Gasteiger charge is -2.15. The van der Waals surface area contributed by atoms with Gasteiger partial charge in [0.1, 0.15) is 5.78 Å². The van der Waals surface area contributed by atoms with Gasteiger partial charge in [-0.15, -0.1) is 11.8 Å². The Morgan fingerprint density at radius 1 is 1.20 bits per heavy atom. The van der Waals surface area contributed by atoms with Crippen LogP contribution in [0, 0.1) is 5.41 Å². The Morgan fingerprint density at radius 2 is 1.80 bits per heavy atom. The lowest BCUT2D eigenvalue weighted by atomic mass is 9.92. The summed E-state index contributed by atoms with van der Waals surface area (Å²) in [5.74, 6) is 1.85. The Kier molecular flexibility index (Phi) is 4.40. The lowest BCUT2D eigenvalue weighted by molar-refractivity contribution is -0.123. The average molecular weight is 222 g/mol. The molecule has 0 spiro atoms. The van der Waals surface area contributed by atoms with E-state index in [9.17, 15) is 4.79 Å². The van der Waals surface area contributed by atoms with E-state index in [2.05, 4.69) is 12.1 Å². The van der Waals surface area contributed by atoms with Gasteiger partial charge in [-0.3, -0.25) is 4.79 Å².